The fraction of sp³-hybridized carbons (Fsp3) is 0.412. The number of hydrogen-bond acceptors (Lipinski definition) is 2. The molecule has 0 radical (unpaired) electrons. The molecule has 2 aliphatic rings. The molecule has 0 fully saturated rings. The summed E-state index contributed by atoms with van der Waals surface area (Å²) >= 11 is 0. The zero-order valence-corrected chi connectivity index (χ0v) is 14.0. The number of hydrogen-bond donors (Lipinski definition) is 1. The smallest absolute Gasteiger partial charge is 0.331 e. The summed E-state index contributed by atoms with van der Waals surface area (Å²) in [5, 5.41) is 2.54. The van der Waals surface area contributed by atoms with Crippen molar-refractivity contribution >= 4 is 11.9 Å². The molecule has 25 heavy (non-hydrogen) atoms. The highest BCUT2D eigenvalue weighted by atomic mass is 19.4. The Morgan fingerprint density at radius 3 is 2.44 bits per heavy atom. The predicted octanol–water partition coefficient (Wildman–Crippen LogP) is 2.91. The average molecular weight is 353 g/mol. The van der Waals surface area contributed by atoms with Crippen molar-refractivity contribution in [1.29, 1.82) is 0 Å². The van der Waals surface area contributed by atoms with Gasteiger partial charge in [-0.05, 0) is 25.5 Å². The van der Waals surface area contributed by atoms with Crippen LogP contribution in [0.2, 0.25) is 0 Å². The van der Waals surface area contributed by atoms with Crippen LogP contribution in [0.5, 0.6) is 0 Å². The van der Waals surface area contributed by atoms with E-state index in [1.807, 2.05) is 13.8 Å². The highest BCUT2D eigenvalue weighted by Crippen LogP contribution is 2.41. The number of likely N-dealkylation sites (N-methyl/N-ethyl adjacent to an activating group) is 1. The summed E-state index contributed by atoms with van der Waals surface area (Å²) in [6, 6.07) is 3.24. The fourth-order valence-corrected chi connectivity index (χ4v) is 3.25. The van der Waals surface area contributed by atoms with Crippen molar-refractivity contribution in [1.82, 2.24) is 15.1 Å². The van der Waals surface area contributed by atoms with Crippen LogP contribution in [0.25, 0.3) is 0 Å². The minimum Gasteiger partial charge on any atom is -0.331 e. The lowest BCUT2D eigenvalue weighted by atomic mass is 9.92. The van der Waals surface area contributed by atoms with Gasteiger partial charge in [-0.1, -0.05) is 18.2 Å². The lowest BCUT2D eigenvalue weighted by Crippen LogP contribution is -2.45. The summed E-state index contributed by atoms with van der Waals surface area (Å²) in [7, 11) is 1.51. The number of nitrogens with zero attached hydrogens (tertiary/aromatic N) is 2. The first-order chi connectivity index (χ1) is 11.6. The minimum absolute atomic E-state index is 0.122. The number of halogens is 3. The average Bonchev–Trinajstić information content (AvgIpc) is 2.88. The molecule has 2 heterocycles. The maximum atomic E-state index is 13.4. The van der Waals surface area contributed by atoms with Crippen LogP contribution < -0.4 is 5.32 Å². The second-order valence-corrected chi connectivity index (χ2v) is 6.41. The molecule has 1 N–H and O–H groups in total. The SMILES string of the molecule is CC(C)N1CC2=C(C1=O)C(c1ccccc1C(F)(F)F)NC(=O)N2C. The van der Waals surface area contributed by atoms with Crippen molar-refractivity contribution in [2.45, 2.75) is 32.1 Å². The third-order valence-electron chi connectivity index (χ3n) is 4.59. The molecule has 0 saturated heterocycles. The summed E-state index contributed by atoms with van der Waals surface area (Å²) in [4.78, 5) is 27.9. The lowest BCUT2D eigenvalue weighted by Gasteiger charge is -2.32. The maximum Gasteiger partial charge on any atom is 0.416 e. The largest absolute Gasteiger partial charge is 0.416 e. The van der Waals surface area contributed by atoms with Crippen LogP contribution in [0.4, 0.5) is 18.0 Å². The lowest BCUT2D eigenvalue weighted by molar-refractivity contribution is -0.138. The van der Waals surface area contributed by atoms with Gasteiger partial charge in [-0.25, -0.2) is 4.79 Å². The van der Waals surface area contributed by atoms with E-state index >= 15 is 0 Å². The van der Waals surface area contributed by atoms with Gasteiger partial charge in [-0.2, -0.15) is 13.2 Å². The third kappa shape index (κ3) is 2.75. The van der Waals surface area contributed by atoms with Gasteiger partial charge in [0.2, 0.25) is 0 Å². The Kier molecular flexibility index (Phi) is 4.01. The van der Waals surface area contributed by atoms with Crippen molar-refractivity contribution in [2.24, 2.45) is 0 Å². The highest BCUT2D eigenvalue weighted by molar-refractivity contribution is 6.01. The van der Waals surface area contributed by atoms with E-state index < -0.39 is 23.8 Å². The van der Waals surface area contributed by atoms with Crippen LogP contribution in [0.1, 0.15) is 31.0 Å². The number of carbonyl (C=O) groups is 2. The number of rotatable bonds is 2. The maximum absolute atomic E-state index is 13.4. The van der Waals surface area contributed by atoms with E-state index in [4.69, 9.17) is 0 Å². The molecule has 5 nitrogen and oxygen atoms in total. The van der Waals surface area contributed by atoms with Crippen LogP contribution in [0, 0.1) is 0 Å². The zero-order valence-electron chi connectivity index (χ0n) is 14.0. The van der Waals surface area contributed by atoms with Crippen molar-refractivity contribution in [3.05, 3.63) is 46.7 Å². The Labute approximate surface area is 143 Å². The molecule has 1 atom stereocenters. The van der Waals surface area contributed by atoms with E-state index in [0.717, 1.165) is 6.07 Å². The van der Waals surface area contributed by atoms with Crippen LogP contribution >= 0.6 is 0 Å². The number of carbonyl (C=O) groups excluding carboxylic acids is 2. The van der Waals surface area contributed by atoms with Gasteiger partial charge in [0.1, 0.15) is 0 Å². The number of urea groups is 1. The second-order valence-electron chi connectivity index (χ2n) is 6.41. The number of nitrogens with one attached hydrogen (secondary N) is 1. The Morgan fingerprint density at radius 2 is 1.84 bits per heavy atom. The standard InChI is InChI=1S/C17H18F3N3O2/c1-9(2)23-8-12-13(15(23)24)14(21-16(25)22(12)3)10-6-4-5-7-11(10)17(18,19)20/h4-7,9,14H,8H2,1-3H3,(H,21,25). The van der Waals surface area contributed by atoms with Crippen LogP contribution in [0.3, 0.4) is 0 Å². The third-order valence-corrected chi connectivity index (χ3v) is 4.59. The van der Waals surface area contributed by atoms with Gasteiger partial charge in [0, 0.05) is 13.1 Å². The molecule has 3 amide bonds. The van der Waals surface area contributed by atoms with Crippen molar-refractivity contribution in [3.8, 4) is 0 Å². The summed E-state index contributed by atoms with van der Waals surface area (Å²) < 4.78 is 40.2. The fourth-order valence-electron chi connectivity index (χ4n) is 3.25. The van der Waals surface area contributed by atoms with Crippen molar-refractivity contribution in [2.75, 3.05) is 13.6 Å². The summed E-state index contributed by atoms with van der Waals surface area (Å²) in [6.45, 7) is 3.86. The molecule has 8 heteroatoms. The Hall–Kier alpha value is -2.51. The van der Waals surface area contributed by atoms with Gasteiger partial charge in [0.15, 0.2) is 0 Å². The molecule has 0 bridgehead atoms. The molecule has 1 unspecified atom stereocenters. The molecule has 2 aliphatic heterocycles. The molecule has 0 spiro atoms. The van der Waals surface area contributed by atoms with E-state index in [-0.39, 0.29) is 29.6 Å². The van der Waals surface area contributed by atoms with Gasteiger partial charge in [-0.3, -0.25) is 9.69 Å². The van der Waals surface area contributed by atoms with Crippen molar-refractivity contribution < 1.29 is 22.8 Å². The van der Waals surface area contributed by atoms with Crippen molar-refractivity contribution in [3.63, 3.8) is 0 Å². The number of amides is 3. The van der Waals surface area contributed by atoms with Gasteiger partial charge in [0.05, 0.1) is 29.4 Å². The second kappa shape index (κ2) is 5.79. The predicted molar refractivity (Wildman–Crippen MR) is 84.4 cm³/mol. The Bertz CT molecular complexity index is 771. The molecular formula is C17H18F3N3O2. The molecule has 0 aliphatic carbocycles. The van der Waals surface area contributed by atoms with E-state index in [1.165, 1.54) is 30.1 Å². The number of alkyl halides is 3. The summed E-state index contributed by atoms with van der Waals surface area (Å²) in [5.41, 5.74) is -0.327. The minimum atomic E-state index is -4.58. The summed E-state index contributed by atoms with van der Waals surface area (Å²) in [5.74, 6) is -0.348. The zero-order chi connectivity index (χ0) is 18.5. The van der Waals surface area contributed by atoms with E-state index in [0.29, 0.717) is 5.70 Å². The highest BCUT2D eigenvalue weighted by Gasteiger charge is 2.46. The normalized spacial score (nSPS) is 21.2. The van der Waals surface area contributed by atoms with E-state index in [2.05, 4.69) is 5.32 Å². The molecular weight excluding hydrogens is 335 g/mol. The van der Waals surface area contributed by atoms with E-state index in [1.54, 1.807) is 4.90 Å². The molecule has 0 aromatic heterocycles. The van der Waals surface area contributed by atoms with Gasteiger partial charge < -0.3 is 10.2 Å². The van der Waals surface area contributed by atoms with Gasteiger partial charge in [-0.15, -0.1) is 0 Å². The Balaban J connectivity index is 2.15. The first kappa shape index (κ1) is 17.3. The topological polar surface area (TPSA) is 52.7 Å². The summed E-state index contributed by atoms with van der Waals surface area (Å²) in [6.07, 6.45) is -4.58. The first-order valence-corrected chi connectivity index (χ1v) is 7.87. The molecule has 0 saturated carbocycles. The molecule has 1 aromatic rings. The molecule has 134 valence electrons. The quantitative estimate of drug-likeness (QED) is 0.889. The molecule has 3 rings (SSSR count). The monoisotopic (exact) mass is 353 g/mol. The number of benzene rings is 1. The Morgan fingerprint density at radius 1 is 1.20 bits per heavy atom. The first-order valence-electron chi connectivity index (χ1n) is 7.87. The van der Waals surface area contributed by atoms with Crippen LogP contribution in [-0.2, 0) is 11.0 Å². The van der Waals surface area contributed by atoms with E-state index in [9.17, 15) is 22.8 Å². The van der Waals surface area contributed by atoms with Crippen LogP contribution in [-0.4, -0.2) is 41.4 Å². The van der Waals surface area contributed by atoms with Gasteiger partial charge in [0.25, 0.3) is 5.91 Å². The van der Waals surface area contributed by atoms with Gasteiger partial charge >= 0.3 is 12.2 Å². The van der Waals surface area contributed by atoms with Crippen LogP contribution in [0.15, 0.2) is 35.5 Å². The molecule has 1 aromatic carbocycles.